The second-order valence-electron chi connectivity index (χ2n) is 5.31. The molecule has 8 nitrogen and oxygen atoms in total. The number of ketones is 1. The summed E-state index contributed by atoms with van der Waals surface area (Å²) in [6.45, 7) is 4.72. The number of rotatable bonds is 8. The highest BCUT2D eigenvalue weighted by atomic mass is 31.2. The van der Waals surface area contributed by atoms with E-state index in [1.807, 2.05) is 0 Å². The van der Waals surface area contributed by atoms with Gasteiger partial charge in [0.2, 0.25) is 0 Å². The van der Waals surface area contributed by atoms with Crippen molar-refractivity contribution in [1.29, 1.82) is 0 Å². The number of hydrogen-bond donors (Lipinski definition) is 2. The van der Waals surface area contributed by atoms with Gasteiger partial charge >= 0.3 is 13.7 Å². The van der Waals surface area contributed by atoms with Crippen LogP contribution in [0.5, 0.6) is 0 Å². The monoisotopic (exact) mass is 325 g/mol. The van der Waals surface area contributed by atoms with Crippen LogP contribution in [0.1, 0.15) is 27.2 Å². The van der Waals surface area contributed by atoms with Gasteiger partial charge in [0.05, 0.1) is 6.04 Å². The Morgan fingerprint density at radius 1 is 1.24 bits per heavy atom. The second-order valence-corrected chi connectivity index (χ2v) is 7.58. The number of carbonyl (C=O) groups is 2. The van der Waals surface area contributed by atoms with Crippen molar-refractivity contribution in [3.8, 4) is 0 Å². The Balaban J connectivity index is 4.78. The van der Waals surface area contributed by atoms with E-state index in [4.69, 9.17) is 9.84 Å². The summed E-state index contributed by atoms with van der Waals surface area (Å²) < 4.78 is 26.3. The number of Topliss-reactive ketones (excluding diaryl/α,β-unsaturated/α-hetero) is 1. The summed E-state index contributed by atoms with van der Waals surface area (Å²) in [5, 5.41) is 11.3. The summed E-state index contributed by atoms with van der Waals surface area (Å²) in [5.74, 6) is -0.568. The van der Waals surface area contributed by atoms with Gasteiger partial charge in [-0.15, -0.1) is 0 Å². The third kappa shape index (κ3) is 8.16. The van der Waals surface area contributed by atoms with Gasteiger partial charge in [0.15, 0.2) is 5.78 Å². The zero-order valence-electron chi connectivity index (χ0n) is 13.0. The molecule has 0 saturated heterocycles. The minimum absolute atomic E-state index is 0.0223. The summed E-state index contributed by atoms with van der Waals surface area (Å²) in [7, 11) is -1.19. The van der Waals surface area contributed by atoms with Gasteiger partial charge < -0.3 is 24.2 Å². The number of alkyl carbamates (subject to hydrolysis) is 1. The van der Waals surface area contributed by atoms with E-state index in [9.17, 15) is 14.2 Å². The van der Waals surface area contributed by atoms with Gasteiger partial charge in [-0.25, -0.2) is 4.79 Å². The smallest absolute Gasteiger partial charge is 0.408 e. The lowest BCUT2D eigenvalue weighted by Gasteiger charge is -2.23. The van der Waals surface area contributed by atoms with Crippen molar-refractivity contribution in [1.82, 2.24) is 5.32 Å². The lowest BCUT2D eigenvalue weighted by Crippen LogP contribution is -2.45. The van der Waals surface area contributed by atoms with Gasteiger partial charge in [0, 0.05) is 20.8 Å². The number of aliphatic hydroxyl groups is 1. The molecular formula is C12H24NO7P. The van der Waals surface area contributed by atoms with Crippen LogP contribution in [-0.2, 0) is 23.1 Å². The predicted octanol–water partition coefficient (Wildman–Crippen LogP) is 1.32. The fraction of sp³-hybridized carbons (Fsp3) is 0.833. The Morgan fingerprint density at radius 3 is 2.14 bits per heavy atom. The standard InChI is InChI=1S/C12H24NO7P/c1-12(2,3)20-11(16)13-9(6-7-14)10(15)8-21(17,18-4)19-5/h9,14H,6-8H2,1-5H3,(H,13,16)/t9-/m0/s1. The largest absolute Gasteiger partial charge is 0.444 e. The number of hydrogen-bond acceptors (Lipinski definition) is 7. The van der Waals surface area contributed by atoms with Crippen LogP contribution in [-0.4, -0.2) is 55.6 Å². The molecule has 1 amide bonds. The Kier molecular flexibility index (Phi) is 8.10. The first kappa shape index (κ1) is 20.1. The van der Waals surface area contributed by atoms with E-state index >= 15 is 0 Å². The van der Waals surface area contributed by atoms with Crippen LogP contribution < -0.4 is 5.32 Å². The predicted molar refractivity (Wildman–Crippen MR) is 76.4 cm³/mol. The molecule has 0 spiro atoms. The average molecular weight is 325 g/mol. The Bertz CT molecular complexity index is 397. The lowest BCUT2D eigenvalue weighted by molar-refractivity contribution is -0.119. The van der Waals surface area contributed by atoms with Crippen LogP contribution in [0, 0.1) is 0 Å². The molecule has 21 heavy (non-hydrogen) atoms. The van der Waals surface area contributed by atoms with E-state index in [2.05, 4.69) is 14.4 Å². The summed E-state index contributed by atoms with van der Waals surface area (Å²) in [5.41, 5.74) is -0.717. The topological polar surface area (TPSA) is 111 Å². The highest BCUT2D eigenvalue weighted by Crippen LogP contribution is 2.46. The first-order chi connectivity index (χ1) is 9.56. The maximum atomic E-state index is 12.1. The second kappa shape index (κ2) is 8.48. The molecule has 0 aromatic heterocycles. The van der Waals surface area contributed by atoms with E-state index in [1.54, 1.807) is 20.8 Å². The highest BCUT2D eigenvalue weighted by Gasteiger charge is 2.31. The summed E-state index contributed by atoms with van der Waals surface area (Å²) in [6, 6.07) is -1.02. The molecule has 0 unspecified atom stereocenters. The Hall–Kier alpha value is -0.950. The normalized spacial score (nSPS) is 13.6. The van der Waals surface area contributed by atoms with Crippen molar-refractivity contribution in [3.63, 3.8) is 0 Å². The van der Waals surface area contributed by atoms with Crippen LogP contribution in [0.4, 0.5) is 4.79 Å². The molecule has 2 N–H and O–H groups in total. The van der Waals surface area contributed by atoms with Crippen molar-refractivity contribution in [2.45, 2.75) is 38.8 Å². The third-order valence-corrected chi connectivity index (χ3v) is 4.21. The number of nitrogens with one attached hydrogen (secondary N) is 1. The van der Waals surface area contributed by atoms with E-state index in [0.717, 1.165) is 0 Å². The SMILES string of the molecule is COP(=O)(CC(=O)[C@H](CCO)NC(=O)OC(C)(C)C)OC. The maximum Gasteiger partial charge on any atom is 0.408 e. The zero-order chi connectivity index (χ0) is 16.7. The van der Waals surface area contributed by atoms with E-state index in [-0.39, 0.29) is 13.0 Å². The molecule has 124 valence electrons. The van der Waals surface area contributed by atoms with E-state index < -0.39 is 37.3 Å². The van der Waals surface area contributed by atoms with Crippen LogP contribution in [0.25, 0.3) is 0 Å². The maximum absolute atomic E-state index is 12.1. The van der Waals surface area contributed by atoms with Crippen molar-refractivity contribution in [3.05, 3.63) is 0 Å². The number of ether oxygens (including phenoxy) is 1. The quantitative estimate of drug-likeness (QED) is 0.647. The van der Waals surface area contributed by atoms with Gasteiger partial charge in [0.1, 0.15) is 11.8 Å². The minimum Gasteiger partial charge on any atom is -0.444 e. The Labute approximate surface area is 124 Å². The molecule has 0 aliphatic heterocycles. The van der Waals surface area contributed by atoms with Crippen molar-refractivity contribution < 1.29 is 33.0 Å². The fourth-order valence-electron chi connectivity index (χ4n) is 1.40. The van der Waals surface area contributed by atoms with Gasteiger partial charge in [-0.3, -0.25) is 9.36 Å². The van der Waals surface area contributed by atoms with Crippen LogP contribution in [0.3, 0.4) is 0 Å². The van der Waals surface area contributed by atoms with Gasteiger partial charge in [-0.05, 0) is 27.2 Å². The summed E-state index contributed by atoms with van der Waals surface area (Å²) in [6.07, 6.45) is -1.31. The average Bonchev–Trinajstić information content (AvgIpc) is 2.35. The van der Waals surface area contributed by atoms with Gasteiger partial charge in [-0.2, -0.15) is 0 Å². The van der Waals surface area contributed by atoms with E-state index in [0.29, 0.717) is 0 Å². The highest BCUT2D eigenvalue weighted by molar-refractivity contribution is 7.54. The lowest BCUT2D eigenvalue weighted by atomic mass is 10.1. The van der Waals surface area contributed by atoms with Gasteiger partial charge in [0.25, 0.3) is 0 Å². The molecular weight excluding hydrogens is 301 g/mol. The Morgan fingerprint density at radius 2 is 1.76 bits per heavy atom. The van der Waals surface area contributed by atoms with Crippen LogP contribution in [0.15, 0.2) is 0 Å². The molecule has 0 bridgehead atoms. The molecule has 9 heteroatoms. The first-order valence-electron chi connectivity index (χ1n) is 6.40. The van der Waals surface area contributed by atoms with Crippen molar-refractivity contribution in [2.24, 2.45) is 0 Å². The van der Waals surface area contributed by atoms with Crippen molar-refractivity contribution in [2.75, 3.05) is 27.0 Å². The molecule has 0 aliphatic carbocycles. The molecule has 0 aromatic rings. The molecule has 0 fully saturated rings. The zero-order valence-corrected chi connectivity index (χ0v) is 13.9. The molecule has 0 rings (SSSR count). The fourth-order valence-corrected chi connectivity index (χ4v) is 2.41. The number of amides is 1. The molecule has 0 saturated carbocycles. The van der Waals surface area contributed by atoms with E-state index in [1.165, 1.54) is 14.2 Å². The van der Waals surface area contributed by atoms with Crippen molar-refractivity contribution >= 4 is 19.5 Å². The van der Waals surface area contributed by atoms with Crippen LogP contribution >= 0.6 is 7.60 Å². The number of aliphatic hydroxyl groups excluding tert-OH is 1. The third-order valence-electron chi connectivity index (χ3n) is 2.40. The molecule has 0 aliphatic rings. The molecule has 0 heterocycles. The van der Waals surface area contributed by atoms with Crippen LogP contribution in [0.2, 0.25) is 0 Å². The molecule has 1 atom stereocenters. The molecule has 0 radical (unpaired) electrons. The molecule has 0 aromatic carbocycles. The summed E-state index contributed by atoms with van der Waals surface area (Å²) >= 11 is 0. The minimum atomic E-state index is -3.52. The summed E-state index contributed by atoms with van der Waals surface area (Å²) in [4.78, 5) is 23.7. The first-order valence-corrected chi connectivity index (χ1v) is 8.13. The number of carbonyl (C=O) groups excluding carboxylic acids is 2. The van der Waals surface area contributed by atoms with Gasteiger partial charge in [-0.1, -0.05) is 0 Å².